The van der Waals surface area contributed by atoms with E-state index >= 15 is 0 Å². The van der Waals surface area contributed by atoms with Gasteiger partial charge in [-0.25, -0.2) is 0 Å². The molecule has 1 aliphatic rings. The topological polar surface area (TPSA) is 20.3 Å². The average molecular weight is 235 g/mol. The molecule has 16 heavy (non-hydrogen) atoms. The van der Waals surface area contributed by atoms with Gasteiger partial charge in [-0.2, -0.15) is 0 Å². The Labute approximate surface area is 101 Å². The first-order valence-corrected chi connectivity index (χ1v) is 6.61. The molecule has 1 saturated heterocycles. The summed E-state index contributed by atoms with van der Waals surface area (Å²) in [7, 11) is 0. The minimum Gasteiger partial charge on any atom is -0.339 e. The van der Waals surface area contributed by atoms with E-state index in [0.717, 1.165) is 30.8 Å². The second kappa shape index (κ2) is 5.30. The Morgan fingerprint density at radius 1 is 1.31 bits per heavy atom. The summed E-state index contributed by atoms with van der Waals surface area (Å²) >= 11 is 1.72. The molecule has 1 aromatic heterocycles. The van der Waals surface area contributed by atoms with E-state index in [0.29, 0.717) is 0 Å². The Hall–Kier alpha value is -1.09. The molecule has 1 aromatic rings. The van der Waals surface area contributed by atoms with E-state index in [-0.39, 0.29) is 5.91 Å². The van der Waals surface area contributed by atoms with Gasteiger partial charge in [-0.05, 0) is 44.4 Å². The molecule has 1 aliphatic heterocycles. The first kappa shape index (κ1) is 11.4. The molecule has 0 atom stereocenters. The molecule has 2 heterocycles. The van der Waals surface area contributed by atoms with E-state index in [9.17, 15) is 4.79 Å². The Balaban J connectivity index is 1.93. The number of carbonyl (C=O) groups is 1. The average Bonchev–Trinajstić information content (AvgIpc) is 2.73. The van der Waals surface area contributed by atoms with Crippen LogP contribution in [0.15, 0.2) is 18.2 Å². The Kier molecular flexibility index (Phi) is 3.78. The zero-order chi connectivity index (χ0) is 11.4. The third-order valence-electron chi connectivity index (χ3n) is 2.82. The van der Waals surface area contributed by atoms with E-state index in [1.807, 2.05) is 11.0 Å². The fourth-order valence-corrected chi connectivity index (χ4v) is 2.70. The third kappa shape index (κ3) is 2.95. The van der Waals surface area contributed by atoms with Crippen LogP contribution in [-0.2, 0) is 4.79 Å². The summed E-state index contributed by atoms with van der Waals surface area (Å²) in [6.45, 7) is 3.92. The van der Waals surface area contributed by atoms with Crippen LogP contribution >= 0.6 is 11.3 Å². The molecule has 0 saturated carbocycles. The van der Waals surface area contributed by atoms with Crippen LogP contribution in [-0.4, -0.2) is 23.9 Å². The van der Waals surface area contributed by atoms with Gasteiger partial charge in [0, 0.05) is 28.9 Å². The second-order valence-corrected chi connectivity index (χ2v) is 5.49. The van der Waals surface area contributed by atoms with Crippen LogP contribution in [0.5, 0.6) is 0 Å². The van der Waals surface area contributed by atoms with Gasteiger partial charge in [-0.1, -0.05) is 0 Å². The summed E-state index contributed by atoms with van der Waals surface area (Å²) in [5.41, 5.74) is 0. The molecule has 0 radical (unpaired) electrons. The maximum atomic E-state index is 11.8. The van der Waals surface area contributed by atoms with Crippen molar-refractivity contribution in [3.63, 3.8) is 0 Å². The molecule has 2 rings (SSSR count). The molecule has 86 valence electrons. The van der Waals surface area contributed by atoms with E-state index in [1.165, 1.54) is 11.3 Å². The fourth-order valence-electron chi connectivity index (χ4n) is 1.92. The van der Waals surface area contributed by atoms with Crippen molar-refractivity contribution < 1.29 is 4.79 Å². The van der Waals surface area contributed by atoms with Crippen molar-refractivity contribution >= 4 is 23.3 Å². The van der Waals surface area contributed by atoms with Crippen LogP contribution in [0.4, 0.5) is 0 Å². The van der Waals surface area contributed by atoms with Gasteiger partial charge in [0.15, 0.2) is 0 Å². The smallest absolute Gasteiger partial charge is 0.246 e. The molecular weight excluding hydrogens is 218 g/mol. The first-order chi connectivity index (χ1) is 7.75. The number of nitrogens with zero attached hydrogens (tertiary/aromatic N) is 1. The summed E-state index contributed by atoms with van der Waals surface area (Å²) in [6, 6.07) is 4.13. The number of thiophene rings is 1. The molecule has 3 heteroatoms. The Morgan fingerprint density at radius 3 is 2.69 bits per heavy atom. The summed E-state index contributed by atoms with van der Waals surface area (Å²) in [6.07, 6.45) is 7.19. The molecule has 0 aromatic carbocycles. The zero-order valence-corrected chi connectivity index (χ0v) is 10.4. The van der Waals surface area contributed by atoms with Crippen molar-refractivity contribution in [3.8, 4) is 0 Å². The first-order valence-electron chi connectivity index (χ1n) is 5.79. The standard InChI is InChI=1S/C13H17NOS/c1-11-5-6-12(16-11)7-8-13(15)14-9-3-2-4-10-14/h5-8H,2-4,9-10H2,1H3. The molecule has 0 N–H and O–H groups in total. The number of hydrogen-bond acceptors (Lipinski definition) is 2. The highest BCUT2D eigenvalue weighted by Crippen LogP contribution is 2.17. The highest BCUT2D eigenvalue weighted by Gasteiger charge is 2.13. The van der Waals surface area contributed by atoms with Crippen LogP contribution in [0.1, 0.15) is 29.0 Å². The number of carbonyl (C=O) groups excluding carboxylic acids is 1. The SMILES string of the molecule is Cc1ccc(C=CC(=O)N2CCCCC2)s1. The van der Waals surface area contributed by atoms with Gasteiger partial charge in [0.2, 0.25) is 5.91 Å². The lowest BCUT2D eigenvalue weighted by Gasteiger charge is -2.25. The highest BCUT2D eigenvalue weighted by atomic mass is 32.1. The van der Waals surface area contributed by atoms with Crippen LogP contribution in [0.2, 0.25) is 0 Å². The predicted molar refractivity (Wildman–Crippen MR) is 68.5 cm³/mol. The molecule has 1 fully saturated rings. The normalized spacial score (nSPS) is 16.9. The zero-order valence-electron chi connectivity index (χ0n) is 9.61. The molecule has 0 aliphatic carbocycles. The summed E-state index contributed by atoms with van der Waals surface area (Å²) in [5.74, 6) is 0.158. The number of likely N-dealkylation sites (tertiary alicyclic amines) is 1. The Bertz CT molecular complexity index is 388. The number of hydrogen-bond donors (Lipinski definition) is 0. The van der Waals surface area contributed by atoms with Crippen LogP contribution in [0.3, 0.4) is 0 Å². The predicted octanol–water partition coefficient (Wildman–Crippen LogP) is 3.08. The highest BCUT2D eigenvalue weighted by molar-refractivity contribution is 7.12. The molecule has 1 amide bonds. The van der Waals surface area contributed by atoms with Gasteiger partial charge in [0.05, 0.1) is 0 Å². The van der Waals surface area contributed by atoms with Crippen molar-refractivity contribution in [2.75, 3.05) is 13.1 Å². The minimum absolute atomic E-state index is 0.158. The number of amides is 1. The minimum atomic E-state index is 0.158. The second-order valence-electron chi connectivity index (χ2n) is 4.17. The van der Waals surface area contributed by atoms with E-state index in [2.05, 4.69) is 19.1 Å². The van der Waals surface area contributed by atoms with Gasteiger partial charge in [0.1, 0.15) is 0 Å². The van der Waals surface area contributed by atoms with Crippen molar-refractivity contribution in [1.29, 1.82) is 0 Å². The lowest BCUT2D eigenvalue weighted by atomic mass is 10.1. The summed E-state index contributed by atoms with van der Waals surface area (Å²) in [5, 5.41) is 0. The van der Waals surface area contributed by atoms with E-state index in [1.54, 1.807) is 17.4 Å². The van der Waals surface area contributed by atoms with Crippen LogP contribution in [0.25, 0.3) is 6.08 Å². The van der Waals surface area contributed by atoms with Gasteiger partial charge in [0.25, 0.3) is 0 Å². The van der Waals surface area contributed by atoms with Crippen molar-refractivity contribution in [1.82, 2.24) is 4.90 Å². The number of rotatable bonds is 2. The monoisotopic (exact) mass is 235 g/mol. The quantitative estimate of drug-likeness (QED) is 0.721. The van der Waals surface area contributed by atoms with Crippen LogP contribution in [0, 0.1) is 6.92 Å². The number of piperidine rings is 1. The van der Waals surface area contributed by atoms with E-state index in [4.69, 9.17) is 0 Å². The maximum absolute atomic E-state index is 11.8. The van der Waals surface area contributed by atoms with Crippen molar-refractivity contribution in [2.45, 2.75) is 26.2 Å². The van der Waals surface area contributed by atoms with Crippen LogP contribution < -0.4 is 0 Å². The molecular formula is C13H17NOS. The fraction of sp³-hybridized carbons (Fsp3) is 0.462. The van der Waals surface area contributed by atoms with Crippen molar-refractivity contribution in [3.05, 3.63) is 28.0 Å². The summed E-state index contributed by atoms with van der Waals surface area (Å²) < 4.78 is 0. The van der Waals surface area contributed by atoms with Gasteiger partial charge >= 0.3 is 0 Å². The maximum Gasteiger partial charge on any atom is 0.246 e. The van der Waals surface area contributed by atoms with Gasteiger partial charge in [-0.15, -0.1) is 11.3 Å². The molecule has 2 nitrogen and oxygen atoms in total. The van der Waals surface area contributed by atoms with Crippen molar-refractivity contribution in [2.24, 2.45) is 0 Å². The lowest BCUT2D eigenvalue weighted by molar-refractivity contribution is -0.126. The molecule has 0 bridgehead atoms. The van der Waals surface area contributed by atoms with Gasteiger partial charge < -0.3 is 4.90 Å². The Morgan fingerprint density at radius 2 is 2.06 bits per heavy atom. The molecule has 0 spiro atoms. The summed E-state index contributed by atoms with van der Waals surface area (Å²) in [4.78, 5) is 16.2. The van der Waals surface area contributed by atoms with E-state index < -0.39 is 0 Å². The lowest BCUT2D eigenvalue weighted by Crippen LogP contribution is -2.34. The third-order valence-corrected chi connectivity index (χ3v) is 3.78. The largest absolute Gasteiger partial charge is 0.339 e. The molecule has 0 unspecified atom stereocenters. The number of aryl methyl sites for hydroxylation is 1. The van der Waals surface area contributed by atoms with Gasteiger partial charge in [-0.3, -0.25) is 4.79 Å².